The molecular formula is C11H19N5O3. The number of nitrogens with zero attached hydrogens (tertiary/aromatic N) is 3. The number of hydrogen-bond acceptors (Lipinski definition) is 8. The van der Waals surface area contributed by atoms with Crippen molar-refractivity contribution in [2.75, 3.05) is 30.9 Å². The molecule has 2 N–H and O–H groups in total. The Labute approximate surface area is 111 Å². The molecule has 1 aromatic heterocycles. The SMILES string of the molecule is CCOC(=O)C(C)Nc1nc(NC)nc(OCC)n1. The zero-order valence-corrected chi connectivity index (χ0v) is 11.6. The summed E-state index contributed by atoms with van der Waals surface area (Å²) in [6, 6.07) is -0.359. The molecule has 1 heterocycles. The van der Waals surface area contributed by atoms with E-state index in [0.29, 0.717) is 19.2 Å². The van der Waals surface area contributed by atoms with Crippen molar-refractivity contribution in [3.63, 3.8) is 0 Å². The van der Waals surface area contributed by atoms with Crippen LogP contribution in [0, 0.1) is 0 Å². The molecule has 0 aliphatic rings. The molecule has 19 heavy (non-hydrogen) atoms. The second-order valence-electron chi connectivity index (χ2n) is 3.57. The maximum absolute atomic E-state index is 11.5. The number of carbonyl (C=O) groups excluding carboxylic acids is 1. The van der Waals surface area contributed by atoms with E-state index in [1.165, 1.54) is 0 Å². The zero-order valence-electron chi connectivity index (χ0n) is 11.6. The highest BCUT2D eigenvalue weighted by Crippen LogP contribution is 2.11. The van der Waals surface area contributed by atoms with E-state index in [4.69, 9.17) is 9.47 Å². The van der Waals surface area contributed by atoms with Crippen molar-refractivity contribution in [3.8, 4) is 6.01 Å². The van der Waals surface area contributed by atoms with Crippen molar-refractivity contribution in [2.45, 2.75) is 26.8 Å². The second kappa shape index (κ2) is 7.34. The summed E-state index contributed by atoms with van der Waals surface area (Å²) in [5, 5.41) is 5.64. The van der Waals surface area contributed by atoms with Gasteiger partial charge in [-0.05, 0) is 20.8 Å². The molecule has 0 fully saturated rings. The van der Waals surface area contributed by atoms with E-state index in [9.17, 15) is 4.79 Å². The predicted molar refractivity (Wildman–Crippen MR) is 70.3 cm³/mol. The van der Waals surface area contributed by atoms with Crippen LogP contribution in [0.15, 0.2) is 0 Å². The largest absolute Gasteiger partial charge is 0.464 e. The van der Waals surface area contributed by atoms with Crippen molar-refractivity contribution in [2.24, 2.45) is 0 Å². The lowest BCUT2D eigenvalue weighted by Crippen LogP contribution is -2.29. The lowest BCUT2D eigenvalue weighted by molar-refractivity contribution is -0.143. The number of carbonyl (C=O) groups is 1. The number of ether oxygens (including phenoxy) is 2. The first kappa shape index (κ1) is 14.9. The molecule has 0 aliphatic carbocycles. The summed E-state index contributed by atoms with van der Waals surface area (Å²) in [6.07, 6.45) is 0. The molecule has 1 unspecified atom stereocenters. The quantitative estimate of drug-likeness (QED) is 0.697. The highest BCUT2D eigenvalue weighted by molar-refractivity contribution is 5.78. The molecular weight excluding hydrogens is 250 g/mol. The highest BCUT2D eigenvalue weighted by Gasteiger charge is 2.16. The minimum absolute atomic E-state index is 0.195. The summed E-state index contributed by atoms with van der Waals surface area (Å²) >= 11 is 0. The van der Waals surface area contributed by atoms with Crippen molar-refractivity contribution >= 4 is 17.9 Å². The van der Waals surface area contributed by atoms with E-state index < -0.39 is 6.04 Å². The fourth-order valence-electron chi connectivity index (χ4n) is 1.25. The van der Waals surface area contributed by atoms with Crippen molar-refractivity contribution in [1.82, 2.24) is 15.0 Å². The van der Waals surface area contributed by atoms with Gasteiger partial charge in [-0.1, -0.05) is 0 Å². The third kappa shape index (κ3) is 4.57. The first-order chi connectivity index (χ1) is 9.10. The molecule has 0 bridgehead atoms. The number of esters is 1. The Morgan fingerprint density at radius 3 is 2.47 bits per heavy atom. The van der Waals surface area contributed by atoms with Crippen LogP contribution in [0.3, 0.4) is 0 Å². The first-order valence-electron chi connectivity index (χ1n) is 6.10. The van der Waals surface area contributed by atoms with Crippen molar-refractivity contribution in [1.29, 1.82) is 0 Å². The molecule has 8 heteroatoms. The van der Waals surface area contributed by atoms with E-state index >= 15 is 0 Å². The van der Waals surface area contributed by atoms with Gasteiger partial charge in [0.25, 0.3) is 0 Å². The van der Waals surface area contributed by atoms with Gasteiger partial charge in [0, 0.05) is 7.05 Å². The number of hydrogen-bond donors (Lipinski definition) is 2. The minimum Gasteiger partial charge on any atom is -0.464 e. The maximum atomic E-state index is 11.5. The molecule has 1 aromatic rings. The number of anilines is 2. The monoisotopic (exact) mass is 269 g/mol. The number of aromatic nitrogens is 3. The van der Waals surface area contributed by atoms with Crippen LogP contribution in [0.5, 0.6) is 6.01 Å². The third-order valence-corrected chi connectivity index (χ3v) is 2.10. The van der Waals surface area contributed by atoms with Crippen LogP contribution in [-0.4, -0.2) is 47.2 Å². The van der Waals surface area contributed by atoms with Gasteiger partial charge in [-0.3, -0.25) is 0 Å². The first-order valence-corrected chi connectivity index (χ1v) is 6.10. The fraction of sp³-hybridized carbons (Fsp3) is 0.636. The van der Waals surface area contributed by atoms with Crippen LogP contribution < -0.4 is 15.4 Å². The lowest BCUT2D eigenvalue weighted by Gasteiger charge is -2.13. The summed E-state index contributed by atoms with van der Waals surface area (Å²) in [6.45, 7) is 6.02. The Morgan fingerprint density at radius 2 is 1.89 bits per heavy atom. The van der Waals surface area contributed by atoms with E-state index in [-0.39, 0.29) is 17.9 Å². The summed E-state index contributed by atoms with van der Waals surface area (Å²) in [5.74, 6) is 0.243. The van der Waals surface area contributed by atoms with Gasteiger partial charge >= 0.3 is 12.0 Å². The maximum Gasteiger partial charge on any atom is 0.328 e. The summed E-state index contributed by atoms with van der Waals surface area (Å²) in [4.78, 5) is 23.7. The topological polar surface area (TPSA) is 98.3 Å². The average Bonchev–Trinajstić information content (AvgIpc) is 2.39. The number of nitrogens with one attached hydrogen (secondary N) is 2. The standard InChI is InChI=1S/C11H19N5O3/c1-5-18-8(17)7(3)13-10-14-9(12-4)15-11(16-10)19-6-2/h7H,5-6H2,1-4H3,(H2,12,13,14,15,16). The molecule has 8 nitrogen and oxygen atoms in total. The van der Waals surface area contributed by atoms with Crippen LogP contribution in [0.4, 0.5) is 11.9 Å². The normalized spacial score (nSPS) is 11.6. The van der Waals surface area contributed by atoms with E-state index in [1.54, 1.807) is 20.9 Å². The molecule has 106 valence electrons. The molecule has 1 rings (SSSR count). The fourth-order valence-corrected chi connectivity index (χ4v) is 1.25. The summed E-state index contributed by atoms with van der Waals surface area (Å²) < 4.78 is 10.1. The number of rotatable bonds is 7. The Kier molecular flexibility index (Phi) is 5.77. The van der Waals surface area contributed by atoms with Crippen LogP contribution in [0.25, 0.3) is 0 Å². The van der Waals surface area contributed by atoms with E-state index in [2.05, 4.69) is 25.6 Å². The summed E-state index contributed by atoms with van der Waals surface area (Å²) in [7, 11) is 1.68. The smallest absolute Gasteiger partial charge is 0.328 e. The molecule has 0 radical (unpaired) electrons. The van der Waals surface area contributed by atoms with Crippen LogP contribution >= 0.6 is 0 Å². The molecule has 0 saturated heterocycles. The minimum atomic E-state index is -0.554. The predicted octanol–water partition coefficient (Wildman–Crippen LogP) is 0.675. The Morgan fingerprint density at radius 1 is 1.21 bits per heavy atom. The molecule has 0 aromatic carbocycles. The van der Waals surface area contributed by atoms with E-state index in [1.807, 2.05) is 6.92 Å². The Bertz CT molecular complexity index is 427. The van der Waals surface area contributed by atoms with Gasteiger partial charge in [-0.25, -0.2) is 4.79 Å². The zero-order chi connectivity index (χ0) is 14.3. The van der Waals surface area contributed by atoms with Gasteiger partial charge in [0.2, 0.25) is 11.9 Å². The average molecular weight is 269 g/mol. The Balaban J connectivity index is 2.81. The molecule has 0 saturated carbocycles. The molecule has 0 amide bonds. The van der Waals surface area contributed by atoms with Crippen LogP contribution in [-0.2, 0) is 9.53 Å². The lowest BCUT2D eigenvalue weighted by atomic mass is 10.3. The molecule has 1 atom stereocenters. The van der Waals surface area contributed by atoms with Gasteiger partial charge in [-0.2, -0.15) is 15.0 Å². The van der Waals surface area contributed by atoms with Gasteiger partial charge in [-0.15, -0.1) is 0 Å². The van der Waals surface area contributed by atoms with E-state index in [0.717, 1.165) is 0 Å². The second-order valence-corrected chi connectivity index (χ2v) is 3.57. The van der Waals surface area contributed by atoms with Gasteiger partial charge in [0.15, 0.2) is 0 Å². The molecule has 0 spiro atoms. The molecule has 0 aliphatic heterocycles. The van der Waals surface area contributed by atoms with Gasteiger partial charge in [0.05, 0.1) is 13.2 Å². The highest BCUT2D eigenvalue weighted by atomic mass is 16.5. The van der Waals surface area contributed by atoms with Crippen LogP contribution in [0.1, 0.15) is 20.8 Å². The van der Waals surface area contributed by atoms with Crippen LogP contribution in [0.2, 0.25) is 0 Å². The van der Waals surface area contributed by atoms with Crippen molar-refractivity contribution in [3.05, 3.63) is 0 Å². The van der Waals surface area contributed by atoms with Gasteiger partial charge in [0.1, 0.15) is 6.04 Å². The van der Waals surface area contributed by atoms with Gasteiger partial charge < -0.3 is 20.1 Å². The third-order valence-electron chi connectivity index (χ3n) is 2.10. The van der Waals surface area contributed by atoms with Crippen molar-refractivity contribution < 1.29 is 14.3 Å². The summed E-state index contributed by atoms with van der Waals surface area (Å²) in [5.41, 5.74) is 0. The Hall–Kier alpha value is -2.12.